The van der Waals surface area contributed by atoms with Crippen molar-refractivity contribution < 1.29 is 58.2 Å². The number of fused-ring (bicyclic) bond motifs is 2. The SMILES string of the molecule is CC(=O)O[C@H]1[C@H](O[C@H]2CC[C@]34C[C@]35C[C@@H](OC(C)=O)[C@]3(C)[C@@H]([C@H](C)CC(=O)[C@@H]6OC6(C)C)C(=O)[C@H](O)[C@@]3(C)[C@H]5CC[C@H]4C2(C)C)OC[C@H](O)[C@@H]1O. The van der Waals surface area contributed by atoms with Gasteiger partial charge in [0.05, 0.1) is 18.3 Å². The fraction of sp³-hybridized carbons (Fsp3) is 0.897. The minimum atomic E-state index is -1.34. The first-order valence-corrected chi connectivity index (χ1v) is 19.0. The summed E-state index contributed by atoms with van der Waals surface area (Å²) in [7, 11) is 0. The first-order chi connectivity index (χ1) is 23.6. The van der Waals surface area contributed by atoms with Crippen molar-refractivity contribution in [1.29, 1.82) is 0 Å². The Morgan fingerprint density at radius 3 is 2.12 bits per heavy atom. The molecule has 5 saturated carbocycles. The zero-order valence-corrected chi connectivity index (χ0v) is 31.6. The Balaban J connectivity index is 1.18. The minimum Gasteiger partial charge on any atom is -0.462 e. The fourth-order valence-electron chi connectivity index (χ4n) is 13.4. The second-order valence-corrected chi connectivity index (χ2v) is 18.9. The summed E-state index contributed by atoms with van der Waals surface area (Å²) in [5.74, 6) is -2.21. The molecule has 0 radical (unpaired) electrons. The first kappa shape index (κ1) is 37.4. The molecule has 51 heavy (non-hydrogen) atoms. The molecule has 2 heterocycles. The number of aliphatic hydroxyl groups excluding tert-OH is 3. The van der Waals surface area contributed by atoms with Crippen molar-refractivity contribution in [2.45, 2.75) is 162 Å². The molecule has 2 saturated heterocycles. The number of esters is 2. The van der Waals surface area contributed by atoms with Gasteiger partial charge in [0, 0.05) is 37.0 Å². The molecule has 0 aromatic rings. The van der Waals surface area contributed by atoms with Gasteiger partial charge in [-0.1, -0.05) is 34.6 Å². The highest BCUT2D eigenvalue weighted by molar-refractivity contribution is 5.92. The number of carbonyl (C=O) groups excluding carboxylic acids is 4. The van der Waals surface area contributed by atoms with Crippen LogP contribution in [0.2, 0.25) is 0 Å². The van der Waals surface area contributed by atoms with Crippen LogP contribution >= 0.6 is 0 Å². The maximum Gasteiger partial charge on any atom is 0.303 e. The van der Waals surface area contributed by atoms with E-state index in [1.165, 1.54) is 13.8 Å². The monoisotopic (exact) mass is 718 g/mol. The molecule has 3 N–H and O–H groups in total. The van der Waals surface area contributed by atoms with Crippen molar-refractivity contribution >= 4 is 23.5 Å². The highest BCUT2D eigenvalue weighted by Gasteiger charge is 2.86. The van der Waals surface area contributed by atoms with Crippen molar-refractivity contribution in [1.82, 2.24) is 0 Å². The molecule has 12 heteroatoms. The Morgan fingerprint density at radius 1 is 0.882 bits per heavy atom. The van der Waals surface area contributed by atoms with E-state index in [0.29, 0.717) is 12.8 Å². The summed E-state index contributed by atoms with van der Waals surface area (Å²) >= 11 is 0. The molecule has 0 amide bonds. The lowest BCUT2D eigenvalue weighted by molar-refractivity contribution is -0.306. The lowest BCUT2D eigenvalue weighted by Gasteiger charge is -2.65. The van der Waals surface area contributed by atoms with Crippen molar-refractivity contribution in [3.8, 4) is 0 Å². The Hall–Kier alpha value is -1.96. The van der Waals surface area contributed by atoms with E-state index >= 15 is 0 Å². The van der Waals surface area contributed by atoms with Gasteiger partial charge in [0.25, 0.3) is 0 Å². The number of rotatable bonds is 8. The molecular formula is C39H58O12. The molecule has 2 aliphatic heterocycles. The average Bonchev–Trinajstić information content (AvgIpc) is 3.88. The van der Waals surface area contributed by atoms with Crippen LogP contribution in [0.5, 0.6) is 0 Å². The van der Waals surface area contributed by atoms with Gasteiger partial charge in [0.15, 0.2) is 24.0 Å². The number of hydrogen-bond acceptors (Lipinski definition) is 12. The standard InChI is InChI=1S/C39H58O12/c1-18(14-21(42)32-35(6,7)51-32)27-29(45)31(46)36(8)24-11-10-23-34(4,5)25(50-33-30(49-20(3)41)28(44)22(43)16-47-33)12-13-38(23)17-39(24,38)15-26(37(27,36)9)48-19(2)40/h18,22-28,30-33,43-44,46H,10-17H2,1-9H3/t18-,22+,23+,24-,25+,26-,27+,28+,30-,31+,32+,33+,36-,37-,38-,39+/m1/s1. The highest BCUT2D eigenvalue weighted by Crippen LogP contribution is 2.89. The predicted octanol–water partition coefficient (Wildman–Crippen LogP) is 3.28. The zero-order valence-electron chi connectivity index (χ0n) is 31.6. The topological polar surface area (TPSA) is 178 Å². The van der Waals surface area contributed by atoms with Crippen LogP contribution < -0.4 is 0 Å². The van der Waals surface area contributed by atoms with E-state index in [1.807, 2.05) is 34.6 Å². The average molecular weight is 719 g/mol. The Morgan fingerprint density at radius 2 is 1.51 bits per heavy atom. The fourth-order valence-corrected chi connectivity index (χ4v) is 13.4. The van der Waals surface area contributed by atoms with Gasteiger partial charge >= 0.3 is 11.9 Å². The molecular weight excluding hydrogens is 660 g/mol. The molecule has 16 atom stereocenters. The van der Waals surface area contributed by atoms with E-state index < -0.39 is 77.2 Å². The van der Waals surface area contributed by atoms with Crippen molar-refractivity contribution in [2.75, 3.05) is 6.61 Å². The quantitative estimate of drug-likeness (QED) is 0.190. The summed E-state index contributed by atoms with van der Waals surface area (Å²) in [5.41, 5.74) is -3.08. The van der Waals surface area contributed by atoms with Gasteiger partial charge in [0.2, 0.25) is 0 Å². The highest BCUT2D eigenvalue weighted by atomic mass is 16.7. The normalized spacial score (nSPS) is 50.8. The molecule has 12 nitrogen and oxygen atoms in total. The van der Waals surface area contributed by atoms with Crippen molar-refractivity contribution in [2.24, 2.45) is 50.7 Å². The molecule has 0 aromatic carbocycles. The molecule has 2 spiro atoms. The van der Waals surface area contributed by atoms with Crippen LogP contribution in [0.25, 0.3) is 0 Å². The number of Topliss-reactive ketones (excluding diaryl/α,β-unsaturated/α-hetero) is 2. The minimum absolute atomic E-state index is 0.00413. The number of hydrogen-bond donors (Lipinski definition) is 3. The van der Waals surface area contributed by atoms with Gasteiger partial charge in [-0.05, 0) is 86.4 Å². The van der Waals surface area contributed by atoms with E-state index in [4.69, 9.17) is 23.7 Å². The van der Waals surface area contributed by atoms with Gasteiger partial charge in [-0.15, -0.1) is 0 Å². The first-order valence-electron chi connectivity index (χ1n) is 19.0. The molecule has 5 aliphatic carbocycles. The van der Waals surface area contributed by atoms with E-state index in [-0.39, 0.29) is 64.7 Å². The van der Waals surface area contributed by atoms with Crippen LogP contribution in [-0.2, 0) is 42.9 Å². The van der Waals surface area contributed by atoms with Crippen molar-refractivity contribution in [3.05, 3.63) is 0 Å². The summed E-state index contributed by atoms with van der Waals surface area (Å²) in [6.45, 7) is 16.6. The van der Waals surface area contributed by atoms with Gasteiger partial charge in [0.1, 0.15) is 30.5 Å². The van der Waals surface area contributed by atoms with E-state index in [0.717, 1.165) is 25.7 Å². The Bertz CT molecular complexity index is 1490. The van der Waals surface area contributed by atoms with Crippen LogP contribution in [0.3, 0.4) is 0 Å². The molecule has 7 rings (SSSR count). The van der Waals surface area contributed by atoms with Gasteiger partial charge in [-0.3, -0.25) is 19.2 Å². The Kier molecular flexibility index (Phi) is 8.62. The largest absolute Gasteiger partial charge is 0.462 e. The summed E-state index contributed by atoms with van der Waals surface area (Å²) in [5, 5.41) is 33.0. The summed E-state index contributed by atoms with van der Waals surface area (Å²) in [6.07, 6.45) is -2.74. The predicted molar refractivity (Wildman–Crippen MR) is 180 cm³/mol. The van der Waals surface area contributed by atoms with Crippen LogP contribution in [0.15, 0.2) is 0 Å². The zero-order chi connectivity index (χ0) is 37.4. The third-order valence-electron chi connectivity index (χ3n) is 15.8. The maximum atomic E-state index is 14.4. The third kappa shape index (κ3) is 5.05. The van der Waals surface area contributed by atoms with Crippen LogP contribution in [-0.4, -0.2) is 100 Å². The lowest BCUT2D eigenvalue weighted by atomic mass is 9.40. The number of ketones is 2. The lowest BCUT2D eigenvalue weighted by Crippen LogP contribution is -2.65. The number of epoxide rings is 1. The molecule has 7 aliphatic rings. The van der Waals surface area contributed by atoms with Crippen LogP contribution in [0, 0.1) is 50.7 Å². The molecule has 0 unspecified atom stereocenters. The summed E-state index contributed by atoms with van der Waals surface area (Å²) in [6, 6.07) is 0. The third-order valence-corrected chi connectivity index (χ3v) is 15.8. The van der Waals surface area contributed by atoms with Crippen LogP contribution in [0.4, 0.5) is 0 Å². The summed E-state index contributed by atoms with van der Waals surface area (Å²) in [4.78, 5) is 52.4. The maximum absolute atomic E-state index is 14.4. The number of ether oxygens (including phenoxy) is 5. The summed E-state index contributed by atoms with van der Waals surface area (Å²) < 4.78 is 29.7. The van der Waals surface area contributed by atoms with E-state index in [1.54, 1.807) is 0 Å². The molecule has 286 valence electrons. The second kappa shape index (κ2) is 11.8. The van der Waals surface area contributed by atoms with Gasteiger partial charge in [-0.2, -0.15) is 0 Å². The molecule has 0 aromatic heterocycles. The van der Waals surface area contributed by atoms with Gasteiger partial charge in [-0.25, -0.2) is 0 Å². The van der Waals surface area contributed by atoms with E-state index in [9.17, 15) is 34.5 Å². The Labute approximate surface area is 300 Å². The number of carbonyl (C=O) groups is 4. The van der Waals surface area contributed by atoms with Gasteiger partial charge < -0.3 is 39.0 Å². The van der Waals surface area contributed by atoms with Crippen molar-refractivity contribution in [3.63, 3.8) is 0 Å². The molecule has 7 fully saturated rings. The number of aliphatic hydroxyl groups is 3. The van der Waals surface area contributed by atoms with Crippen LogP contribution in [0.1, 0.15) is 107 Å². The smallest absolute Gasteiger partial charge is 0.303 e. The second-order valence-electron chi connectivity index (χ2n) is 18.9. The van der Waals surface area contributed by atoms with E-state index in [2.05, 4.69) is 13.8 Å². The molecule has 0 bridgehead atoms.